The van der Waals surface area contributed by atoms with E-state index in [1.54, 1.807) is 47.8 Å². The molecule has 16 atom stereocenters. The number of aromatic nitrogens is 4. The van der Waals surface area contributed by atoms with Crippen LogP contribution in [0.25, 0.3) is 0 Å². The Bertz CT molecular complexity index is 4210. The van der Waals surface area contributed by atoms with E-state index >= 15 is 0 Å². The number of rotatable bonds is 53. The fraction of sp³-hybridized carbons (Fsp3) is 0.603. The van der Waals surface area contributed by atoms with Crippen molar-refractivity contribution in [3.63, 3.8) is 0 Å². The van der Waals surface area contributed by atoms with Crippen LogP contribution in [0.5, 0.6) is 5.75 Å². The van der Waals surface area contributed by atoms with E-state index in [4.69, 9.17) is 15.9 Å². The predicted molar refractivity (Wildman–Crippen MR) is 437 cm³/mol. The number of aromatic amines is 2. The number of hydrogen-bond donors (Lipinski definition) is 22. The molecule has 2 aromatic heterocycles. The second kappa shape index (κ2) is 50.3. The van der Waals surface area contributed by atoms with Gasteiger partial charge in [-0.1, -0.05) is 60.1 Å². The number of benzene rings is 1. The summed E-state index contributed by atoms with van der Waals surface area (Å²) < 4.78 is 0. The Balaban J connectivity index is 1.31. The highest BCUT2D eigenvalue weighted by atomic mass is 32.2. The van der Waals surface area contributed by atoms with E-state index in [-0.39, 0.29) is 100 Å². The largest absolute Gasteiger partial charge is 0.508 e. The second-order valence-corrected chi connectivity index (χ2v) is 32.0. The van der Waals surface area contributed by atoms with Crippen molar-refractivity contribution >= 4 is 124 Å². The highest BCUT2D eigenvalue weighted by Gasteiger charge is 2.46. The van der Waals surface area contributed by atoms with Gasteiger partial charge in [0, 0.05) is 81.8 Å². The molecule has 0 spiro atoms. The first kappa shape index (κ1) is 102. The molecule has 4 heterocycles. The van der Waals surface area contributed by atoms with E-state index in [1.807, 2.05) is 0 Å². The first-order valence-corrected chi connectivity index (χ1v) is 41.9. The van der Waals surface area contributed by atoms with E-state index in [0.717, 1.165) is 6.92 Å². The van der Waals surface area contributed by atoms with Crippen molar-refractivity contribution in [1.29, 1.82) is 0 Å². The van der Waals surface area contributed by atoms with Crippen molar-refractivity contribution in [2.45, 2.75) is 248 Å². The van der Waals surface area contributed by atoms with Crippen LogP contribution in [-0.4, -0.2) is 300 Å². The van der Waals surface area contributed by atoms with Crippen LogP contribution in [0.4, 0.5) is 0 Å². The smallest absolute Gasteiger partial charge is 0.326 e. The number of phenolic OH excluding ortho intramolecular Hbond substituents is 1. The van der Waals surface area contributed by atoms with Crippen LogP contribution in [0.2, 0.25) is 0 Å². The minimum Gasteiger partial charge on any atom is -0.508 e. The number of likely N-dealkylation sites (tertiary alicyclic amines) is 2. The fourth-order valence-corrected chi connectivity index (χ4v) is 14.0. The summed E-state index contributed by atoms with van der Waals surface area (Å²) in [6.45, 7) is 9.71. The van der Waals surface area contributed by atoms with E-state index < -0.39 is 272 Å². The first-order chi connectivity index (χ1) is 58.5. The lowest BCUT2D eigenvalue weighted by atomic mass is 9.95. The lowest BCUT2D eigenvalue weighted by Gasteiger charge is -2.34. The molecule has 0 aliphatic carbocycles. The summed E-state index contributed by atoms with van der Waals surface area (Å²) in [5.41, 5.74) is 6.85. The van der Waals surface area contributed by atoms with Crippen LogP contribution >= 0.6 is 11.8 Å². The third-order valence-electron chi connectivity index (χ3n) is 20.7. The number of carboxylic acid groups (broad SMARTS) is 5. The number of aromatic hydroxyl groups is 1. The molecule has 2 fully saturated rings. The summed E-state index contributed by atoms with van der Waals surface area (Å²) in [4.78, 5) is 274. The third kappa shape index (κ3) is 32.8. The number of aliphatic hydroxyl groups is 1. The molecule has 2 saturated heterocycles. The lowest BCUT2D eigenvalue weighted by molar-refractivity contribution is -0.148. The van der Waals surface area contributed by atoms with Gasteiger partial charge in [-0.05, 0) is 112 Å². The molecular formula is C78H115N19O26S. The third-order valence-corrected chi connectivity index (χ3v) is 21.4. The Kier molecular flexibility index (Phi) is 41.4. The zero-order valence-electron chi connectivity index (χ0n) is 70.0. The molecule has 14 amide bonds. The average molecular weight is 1770 g/mol. The van der Waals surface area contributed by atoms with Gasteiger partial charge in [0.15, 0.2) is 0 Å². The molecular weight excluding hydrogens is 1650 g/mol. The highest BCUT2D eigenvalue weighted by Crippen LogP contribution is 2.28. The van der Waals surface area contributed by atoms with Gasteiger partial charge in [-0.25, -0.2) is 14.8 Å². The van der Waals surface area contributed by atoms with Crippen molar-refractivity contribution in [1.82, 2.24) is 93.5 Å². The van der Waals surface area contributed by atoms with Crippen LogP contribution in [0.1, 0.15) is 155 Å². The molecule has 0 unspecified atom stereocenters. The van der Waals surface area contributed by atoms with Gasteiger partial charge in [0.2, 0.25) is 82.7 Å². The molecule has 45 nitrogen and oxygen atoms in total. The van der Waals surface area contributed by atoms with Gasteiger partial charge in [0.05, 0.1) is 31.3 Å². The number of nitrogens with two attached hydrogens (primary N) is 1. The number of hydrogen-bond acceptors (Lipinski definition) is 25. The number of thioether (sulfide) groups is 1. The average Bonchev–Trinajstić information content (AvgIpc) is 1.65. The Morgan fingerprint density at radius 2 is 0.895 bits per heavy atom. The van der Waals surface area contributed by atoms with Crippen molar-refractivity contribution in [2.24, 2.45) is 23.5 Å². The van der Waals surface area contributed by atoms with Gasteiger partial charge in [0.25, 0.3) is 0 Å². The molecule has 2 aliphatic heterocycles. The van der Waals surface area contributed by atoms with E-state index in [9.17, 15) is 117 Å². The number of imidazole rings is 2. The highest BCUT2D eigenvalue weighted by molar-refractivity contribution is 7.98. The second-order valence-electron chi connectivity index (χ2n) is 31.0. The van der Waals surface area contributed by atoms with Gasteiger partial charge in [0.1, 0.15) is 84.3 Å². The first-order valence-electron chi connectivity index (χ1n) is 40.5. The number of carbonyl (C=O) groups excluding carboxylic acids is 14. The zero-order chi connectivity index (χ0) is 92.4. The molecule has 46 heteroatoms. The molecule has 0 saturated carbocycles. The number of carboxylic acids is 5. The molecule has 1 aromatic carbocycles. The molecule has 124 heavy (non-hydrogen) atoms. The Morgan fingerprint density at radius 3 is 1.42 bits per heavy atom. The van der Waals surface area contributed by atoms with E-state index in [0.29, 0.717) is 5.56 Å². The van der Waals surface area contributed by atoms with Crippen LogP contribution < -0.4 is 69.5 Å². The maximum atomic E-state index is 14.9. The molecule has 2 aliphatic rings. The lowest BCUT2D eigenvalue weighted by Crippen LogP contribution is -2.62. The molecule has 23 N–H and O–H groups in total. The molecule has 0 bridgehead atoms. The standard InChI is InChI=1S/C78H115N19O26S/c1-9-40(6)63(74(118)95-64(41(7)98)75(119)89-50(78(122)123)21-25-60(107)108)94-73(117)62(39(4)5)93-71(115)54-12-10-27-96(54)77(121)55-13-11-28-97(55)76(120)49(20-24-59(105)106)88-67(111)48(26-29-124-8)87-72(116)61(38(2)3)92-70(114)53(32-44-34-81-37-84-44)91-69(113)52(31-43-33-80-36-83-43)85-56(100)35-82-66(110)47(19-23-58(103)104)86-68(112)51(30-42-14-16-45(99)17-15-42)90-65(109)46(79)18-22-57(101)102/h14-17,33-34,36-41,46-55,61-64,98-99H,9-13,18-32,35,79H2,1-8H3,(H,80,83)(H,81,84)(H,82,110)(H,85,100)(H,86,112)(H,87,116)(H,88,111)(H,89,119)(H,90,109)(H,91,113)(H,92,114)(H,93,115)(H,94,117)(H,95,118)(H,101,102)(H,103,104)(H,105,106)(H,107,108)(H,122,123)/t40-,41+,46-,47-,48-,49-,50-,51-,52-,53-,54-,55-,61-,62-,63-,64-/m0/s1. The number of carbonyl (C=O) groups is 19. The number of nitrogens with one attached hydrogen (secondary N) is 14. The van der Waals surface area contributed by atoms with Gasteiger partial charge in [-0.3, -0.25) is 86.3 Å². The maximum Gasteiger partial charge on any atom is 0.326 e. The van der Waals surface area contributed by atoms with E-state index in [1.165, 1.54) is 70.9 Å². The number of amides is 14. The molecule has 0 radical (unpaired) electrons. The summed E-state index contributed by atoms with van der Waals surface area (Å²) in [7, 11) is 0. The number of nitrogens with zero attached hydrogens (tertiary/aromatic N) is 4. The van der Waals surface area contributed by atoms with Crippen LogP contribution in [0.3, 0.4) is 0 Å². The fourth-order valence-electron chi connectivity index (χ4n) is 13.5. The van der Waals surface area contributed by atoms with Crippen molar-refractivity contribution in [3.8, 4) is 5.75 Å². The van der Waals surface area contributed by atoms with Crippen molar-refractivity contribution in [2.75, 3.05) is 31.6 Å². The van der Waals surface area contributed by atoms with Crippen molar-refractivity contribution in [3.05, 3.63) is 66.3 Å². The predicted octanol–water partition coefficient (Wildman–Crippen LogP) is -4.34. The van der Waals surface area contributed by atoms with Gasteiger partial charge in [-0.15, -0.1) is 0 Å². The number of aliphatic hydroxyl groups excluding tert-OH is 1. The van der Waals surface area contributed by atoms with Gasteiger partial charge in [-0.2, -0.15) is 11.8 Å². The molecule has 3 aromatic rings. The van der Waals surface area contributed by atoms with Gasteiger partial charge < -0.3 is 125 Å². The normalized spacial score (nSPS) is 17.1. The number of phenols is 1. The molecule has 5 rings (SSSR count). The zero-order valence-corrected chi connectivity index (χ0v) is 70.8. The summed E-state index contributed by atoms with van der Waals surface area (Å²) in [5.74, 6) is -22.4. The quantitative estimate of drug-likeness (QED) is 0.0254. The SMILES string of the molecule is CC[C@H](C)[C@H](NC(=O)[C@@H](NC(=O)[C@@H]1CCCN1C(=O)[C@@H]1CCCN1C(=O)[C@H](CCC(=O)O)NC(=O)[C@H](CCSC)NC(=O)[C@@H](NC(=O)[C@H](Cc1cnc[nH]1)NC(=O)[C@H](Cc1cnc[nH]1)NC(=O)CNC(=O)[C@H](CCC(=O)O)NC(=O)[C@H](Cc1ccc(O)cc1)NC(=O)[C@@H](N)CCC(=O)O)C(C)C)C(C)C)C(=O)N[C@H](C(=O)N[C@@H](CCC(=O)O)C(=O)O)[C@@H](C)O. The minimum absolute atomic E-state index is 0.00944. The summed E-state index contributed by atoms with van der Waals surface area (Å²) in [6, 6.07) is -15.8. The number of H-pyrrole nitrogens is 2. The van der Waals surface area contributed by atoms with Crippen LogP contribution in [0, 0.1) is 17.8 Å². The maximum absolute atomic E-state index is 14.9. The Labute approximate surface area is 717 Å². The summed E-state index contributed by atoms with van der Waals surface area (Å²) >= 11 is 1.26. The Morgan fingerprint density at radius 1 is 0.476 bits per heavy atom. The monoisotopic (exact) mass is 1770 g/mol. The minimum atomic E-state index is -1.79. The summed E-state index contributed by atoms with van der Waals surface area (Å²) in [5, 5.41) is 97.7. The van der Waals surface area contributed by atoms with Gasteiger partial charge >= 0.3 is 29.8 Å². The molecule has 684 valence electrons. The number of aliphatic carboxylic acids is 5. The summed E-state index contributed by atoms with van der Waals surface area (Å²) in [6.07, 6.45) is 0.683. The van der Waals surface area contributed by atoms with Crippen LogP contribution in [-0.2, 0) is 110 Å². The Hall–Kier alpha value is -12.4. The van der Waals surface area contributed by atoms with E-state index in [2.05, 4.69) is 83.7 Å². The van der Waals surface area contributed by atoms with Crippen molar-refractivity contribution < 1.29 is 127 Å². The van der Waals surface area contributed by atoms with Crippen LogP contribution in [0.15, 0.2) is 49.3 Å². The topological polar surface area (TPSA) is 700 Å².